The van der Waals surface area contributed by atoms with E-state index in [0.29, 0.717) is 0 Å². The quantitative estimate of drug-likeness (QED) is 0.578. The lowest BCUT2D eigenvalue weighted by Crippen LogP contribution is -2.04. The molecule has 0 bridgehead atoms. The van der Waals surface area contributed by atoms with E-state index in [1.54, 1.807) is 0 Å². The summed E-state index contributed by atoms with van der Waals surface area (Å²) >= 11 is 0. The first kappa shape index (κ1) is 7.81. The average Bonchev–Trinajstić information content (AvgIpc) is 2.68. The minimum atomic E-state index is 0.0256. The van der Waals surface area contributed by atoms with Gasteiger partial charge in [-0.3, -0.25) is 0 Å². The van der Waals surface area contributed by atoms with Gasteiger partial charge in [-0.05, 0) is 31.9 Å². The first-order valence-corrected chi connectivity index (χ1v) is 4.33. The summed E-state index contributed by atoms with van der Waals surface area (Å²) in [5.74, 6) is 0. The molecule has 0 saturated carbocycles. The van der Waals surface area contributed by atoms with Crippen molar-refractivity contribution in [2.24, 2.45) is 0 Å². The second-order valence-corrected chi connectivity index (χ2v) is 3.84. The summed E-state index contributed by atoms with van der Waals surface area (Å²) in [6, 6.07) is 6.54. The number of epoxide rings is 1. The molecule has 12 heavy (non-hydrogen) atoms. The summed E-state index contributed by atoms with van der Waals surface area (Å²) in [5, 5.41) is 0. The molecule has 1 atom stereocenters. The fraction of sp³-hybridized carbons (Fsp3) is 0.455. The predicted octanol–water partition coefficient (Wildman–Crippen LogP) is 2.55. The minimum Gasteiger partial charge on any atom is -0.365 e. The first-order chi connectivity index (χ1) is 5.62. The highest BCUT2D eigenvalue weighted by Gasteiger charge is 2.41. The van der Waals surface area contributed by atoms with E-state index in [1.165, 1.54) is 16.7 Å². The van der Waals surface area contributed by atoms with Gasteiger partial charge in [0.1, 0.15) is 5.60 Å². The van der Waals surface area contributed by atoms with Gasteiger partial charge in [-0.1, -0.05) is 23.8 Å². The van der Waals surface area contributed by atoms with Gasteiger partial charge >= 0.3 is 0 Å². The van der Waals surface area contributed by atoms with Gasteiger partial charge < -0.3 is 4.74 Å². The second-order valence-electron chi connectivity index (χ2n) is 3.84. The summed E-state index contributed by atoms with van der Waals surface area (Å²) in [6.07, 6.45) is 0. The van der Waals surface area contributed by atoms with E-state index >= 15 is 0 Å². The maximum absolute atomic E-state index is 5.40. The Balaban J connectivity index is 2.45. The van der Waals surface area contributed by atoms with Crippen LogP contribution < -0.4 is 0 Å². The van der Waals surface area contributed by atoms with Crippen molar-refractivity contribution in [1.82, 2.24) is 0 Å². The lowest BCUT2D eigenvalue weighted by molar-refractivity contribution is 0.328. The van der Waals surface area contributed by atoms with E-state index in [0.717, 1.165) is 6.61 Å². The molecule has 0 aromatic heterocycles. The van der Waals surface area contributed by atoms with Crippen molar-refractivity contribution in [2.75, 3.05) is 6.61 Å². The van der Waals surface area contributed by atoms with Crippen molar-refractivity contribution in [2.45, 2.75) is 26.4 Å². The highest BCUT2D eigenvalue weighted by molar-refractivity contribution is 5.36. The molecule has 1 aliphatic rings. The predicted molar refractivity (Wildman–Crippen MR) is 49.2 cm³/mol. The number of hydrogen-bond donors (Lipinski definition) is 0. The molecule has 64 valence electrons. The zero-order valence-electron chi connectivity index (χ0n) is 7.85. The van der Waals surface area contributed by atoms with Crippen LogP contribution in [-0.2, 0) is 10.3 Å². The molecule has 0 radical (unpaired) electrons. The monoisotopic (exact) mass is 162 g/mol. The van der Waals surface area contributed by atoms with Gasteiger partial charge in [-0.15, -0.1) is 0 Å². The molecule has 0 N–H and O–H groups in total. The van der Waals surface area contributed by atoms with E-state index < -0.39 is 0 Å². The average molecular weight is 162 g/mol. The van der Waals surface area contributed by atoms with Crippen molar-refractivity contribution in [3.8, 4) is 0 Å². The van der Waals surface area contributed by atoms with Gasteiger partial charge in [0.25, 0.3) is 0 Å². The van der Waals surface area contributed by atoms with Gasteiger partial charge in [-0.25, -0.2) is 0 Å². The smallest absolute Gasteiger partial charge is 0.114 e. The Morgan fingerprint density at radius 1 is 1.33 bits per heavy atom. The highest BCUT2D eigenvalue weighted by atomic mass is 16.6. The number of rotatable bonds is 1. The van der Waals surface area contributed by atoms with Gasteiger partial charge in [0.2, 0.25) is 0 Å². The Morgan fingerprint density at radius 3 is 2.50 bits per heavy atom. The van der Waals surface area contributed by atoms with E-state index in [2.05, 4.69) is 39.0 Å². The van der Waals surface area contributed by atoms with E-state index in [-0.39, 0.29) is 5.60 Å². The second kappa shape index (κ2) is 2.33. The molecule has 1 nitrogen and oxygen atoms in total. The third-order valence-electron chi connectivity index (χ3n) is 2.53. The van der Waals surface area contributed by atoms with Gasteiger partial charge in [-0.2, -0.15) is 0 Å². The molecule has 1 aliphatic heterocycles. The Labute approximate surface area is 73.4 Å². The number of ether oxygens (including phenoxy) is 1. The molecule has 0 aliphatic carbocycles. The summed E-state index contributed by atoms with van der Waals surface area (Å²) in [6.45, 7) is 7.28. The fourth-order valence-electron chi connectivity index (χ4n) is 1.67. The number of aryl methyl sites for hydroxylation is 2. The van der Waals surface area contributed by atoms with Crippen LogP contribution in [0.15, 0.2) is 18.2 Å². The molecule has 0 amide bonds. The van der Waals surface area contributed by atoms with Gasteiger partial charge in [0.15, 0.2) is 0 Å². The molecular weight excluding hydrogens is 148 g/mol. The van der Waals surface area contributed by atoms with Crippen LogP contribution in [0.5, 0.6) is 0 Å². The summed E-state index contributed by atoms with van der Waals surface area (Å²) in [4.78, 5) is 0. The lowest BCUT2D eigenvalue weighted by Gasteiger charge is -2.09. The molecule has 1 heteroatoms. The molecule has 1 fully saturated rings. The van der Waals surface area contributed by atoms with E-state index in [1.807, 2.05) is 0 Å². The molecule has 1 saturated heterocycles. The summed E-state index contributed by atoms with van der Waals surface area (Å²) in [7, 11) is 0. The third kappa shape index (κ3) is 1.14. The Bertz CT molecular complexity index is 311. The summed E-state index contributed by atoms with van der Waals surface area (Å²) < 4.78 is 5.40. The Kier molecular flexibility index (Phi) is 1.52. The van der Waals surface area contributed by atoms with Crippen LogP contribution >= 0.6 is 0 Å². The van der Waals surface area contributed by atoms with Gasteiger partial charge in [0.05, 0.1) is 6.61 Å². The van der Waals surface area contributed by atoms with Crippen molar-refractivity contribution < 1.29 is 4.74 Å². The van der Waals surface area contributed by atoms with Crippen molar-refractivity contribution in [3.05, 3.63) is 34.9 Å². The number of benzene rings is 1. The van der Waals surface area contributed by atoms with Crippen LogP contribution in [0.1, 0.15) is 23.6 Å². The topological polar surface area (TPSA) is 12.5 Å². The standard InChI is InChI=1S/C11H14O/c1-8-4-5-10(9(2)6-8)11(3)7-12-11/h4-6H,7H2,1-3H3. The largest absolute Gasteiger partial charge is 0.365 e. The fourth-order valence-corrected chi connectivity index (χ4v) is 1.67. The normalized spacial score (nSPS) is 27.2. The minimum absolute atomic E-state index is 0.0256. The molecule has 1 heterocycles. The van der Waals surface area contributed by atoms with Crippen LogP contribution in [0.25, 0.3) is 0 Å². The van der Waals surface area contributed by atoms with Crippen LogP contribution in [0.2, 0.25) is 0 Å². The first-order valence-electron chi connectivity index (χ1n) is 4.33. The zero-order chi connectivity index (χ0) is 8.77. The van der Waals surface area contributed by atoms with Crippen LogP contribution in [0.3, 0.4) is 0 Å². The third-order valence-corrected chi connectivity index (χ3v) is 2.53. The van der Waals surface area contributed by atoms with Crippen molar-refractivity contribution >= 4 is 0 Å². The molecule has 1 aromatic rings. The van der Waals surface area contributed by atoms with Crippen LogP contribution in [-0.4, -0.2) is 6.61 Å². The van der Waals surface area contributed by atoms with Crippen molar-refractivity contribution in [1.29, 1.82) is 0 Å². The molecular formula is C11H14O. The summed E-state index contributed by atoms with van der Waals surface area (Å²) in [5.41, 5.74) is 4.03. The maximum atomic E-state index is 5.40. The lowest BCUT2D eigenvalue weighted by atomic mass is 9.96. The Morgan fingerprint density at radius 2 is 2.00 bits per heavy atom. The SMILES string of the molecule is Cc1ccc(C2(C)CO2)c(C)c1. The van der Waals surface area contributed by atoms with Crippen LogP contribution in [0, 0.1) is 13.8 Å². The molecule has 1 unspecified atom stereocenters. The molecule has 0 spiro atoms. The highest BCUT2D eigenvalue weighted by Crippen LogP contribution is 2.39. The molecule has 1 aromatic carbocycles. The van der Waals surface area contributed by atoms with Crippen molar-refractivity contribution in [3.63, 3.8) is 0 Å². The molecule has 2 rings (SSSR count). The zero-order valence-corrected chi connectivity index (χ0v) is 7.85. The number of hydrogen-bond acceptors (Lipinski definition) is 1. The van der Waals surface area contributed by atoms with Crippen LogP contribution in [0.4, 0.5) is 0 Å². The van der Waals surface area contributed by atoms with E-state index in [9.17, 15) is 0 Å². The maximum Gasteiger partial charge on any atom is 0.114 e. The van der Waals surface area contributed by atoms with Gasteiger partial charge in [0, 0.05) is 0 Å². The Hall–Kier alpha value is -0.820. The van der Waals surface area contributed by atoms with E-state index in [4.69, 9.17) is 4.74 Å².